The lowest BCUT2D eigenvalue weighted by atomic mass is 10.1. The van der Waals surface area contributed by atoms with E-state index in [-0.39, 0.29) is 6.04 Å². The maximum atomic E-state index is 5.42. The number of morpholine rings is 1. The normalized spacial score (nSPS) is 21.9. The second-order valence-corrected chi connectivity index (χ2v) is 3.27. The van der Waals surface area contributed by atoms with Gasteiger partial charge in [0.15, 0.2) is 0 Å². The molecule has 0 bridgehead atoms. The predicted octanol–water partition coefficient (Wildman–Crippen LogP) is 0.784. The number of pyridine rings is 1. The third-order valence-corrected chi connectivity index (χ3v) is 2.37. The Balaban J connectivity index is 2.20. The van der Waals surface area contributed by atoms with Gasteiger partial charge in [-0.25, -0.2) is 4.98 Å². The van der Waals surface area contributed by atoms with E-state index in [4.69, 9.17) is 4.74 Å². The molecule has 0 spiro atoms. The summed E-state index contributed by atoms with van der Waals surface area (Å²) in [6.07, 6.45) is 1.79. The molecule has 4 heteroatoms. The van der Waals surface area contributed by atoms with Gasteiger partial charge in [-0.15, -0.1) is 0 Å². The molecule has 14 heavy (non-hydrogen) atoms. The zero-order valence-electron chi connectivity index (χ0n) is 8.29. The van der Waals surface area contributed by atoms with E-state index in [0.29, 0.717) is 0 Å². The van der Waals surface area contributed by atoms with Gasteiger partial charge in [0.05, 0.1) is 19.3 Å². The largest absolute Gasteiger partial charge is 0.378 e. The molecule has 4 nitrogen and oxygen atoms in total. The first-order valence-electron chi connectivity index (χ1n) is 4.85. The predicted molar refractivity (Wildman–Crippen MR) is 55.3 cm³/mol. The summed E-state index contributed by atoms with van der Waals surface area (Å²) < 4.78 is 5.42. The number of hydrogen-bond donors (Lipinski definition) is 2. The van der Waals surface area contributed by atoms with Crippen molar-refractivity contribution in [3.63, 3.8) is 0 Å². The first-order chi connectivity index (χ1) is 6.92. The molecule has 1 atom stereocenters. The van der Waals surface area contributed by atoms with Crippen molar-refractivity contribution in [2.45, 2.75) is 6.04 Å². The van der Waals surface area contributed by atoms with Crippen LogP contribution in [0, 0.1) is 0 Å². The second-order valence-electron chi connectivity index (χ2n) is 3.27. The Bertz CT molecular complexity index is 297. The van der Waals surface area contributed by atoms with Gasteiger partial charge in [-0.1, -0.05) is 6.07 Å². The minimum Gasteiger partial charge on any atom is -0.378 e. The molecule has 1 aromatic heterocycles. The Labute approximate surface area is 83.7 Å². The van der Waals surface area contributed by atoms with Crippen molar-refractivity contribution >= 4 is 5.82 Å². The molecule has 0 amide bonds. The average molecular weight is 193 g/mol. The first-order valence-corrected chi connectivity index (χ1v) is 4.85. The van der Waals surface area contributed by atoms with Crippen LogP contribution in [0.4, 0.5) is 5.82 Å². The zero-order chi connectivity index (χ0) is 9.80. The van der Waals surface area contributed by atoms with E-state index < -0.39 is 0 Å². The average Bonchev–Trinajstić information content (AvgIpc) is 2.30. The monoisotopic (exact) mass is 193 g/mol. The van der Waals surface area contributed by atoms with Crippen LogP contribution in [-0.2, 0) is 4.74 Å². The molecule has 2 heterocycles. The summed E-state index contributed by atoms with van der Waals surface area (Å²) in [5, 5.41) is 6.49. The van der Waals surface area contributed by atoms with E-state index in [9.17, 15) is 0 Å². The zero-order valence-corrected chi connectivity index (χ0v) is 8.29. The van der Waals surface area contributed by atoms with Gasteiger partial charge in [0.2, 0.25) is 0 Å². The molecule has 1 saturated heterocycles. The molecule has 76 valence electrons. The van der Waals surface area contributed by atoms with Gasteiger partial charge in [-0.3, -0.25) is 0 Å². The third kappa shape index (κ3) is 1.86. The Morgan fingerprint density at radius 2 is 2.57 bits per heavy atom. The number of aromatic nitrogens is 1. The number of rotatable bonds is 2. The highest BCUT2D eigenvalue weighted by Gasteiger charge is 2.17. The molecule has 1 fully saturated rings. The number of nitrogens with one attached hydrogen (secondary N) is 2. The smallest absolute Gasteiger partial charge is 0.130 e. The summed E-state index contributed by atoms with van der Waals surface area (Å²) >= 11 is 0. The van der Waals surface area contributed by atoms with Gasteiger partial charge in [0.1, 0.15) is 5.82 Å². The molecule has 1 aliphatic rings. The maximum absolute atomic E-state index is 5.42. The van der Waals surface area contributed by atoms with Crippen molar-refractivity contribution in [3.05, 3.63) is 23.9 Å². The summed E-state index contributed by atoms with van der Waals surface area (Å²) in [6, 6.07) is 4.29. The fraction of sp³-hybridized carbons (Fsp3) is 0.500. The topological polar surface area (TPSA) is 46.2 Å². The van der Waals surface area contributed by atoms with E-state index in [2.05, 4.69) is 21.7 Å². The standard InChI is InChI=1S/C10H15N3O/c1-11-10-8(3-2-4-13-10)9-7-14-6-5-12-9/h2-4,9,12H,5-7H2,1H3,(H,11,13). The summed E-state index contributed by atoms with van der Waals surface area (Å²) in [7, 11) is 1.88. The van der Waals surface area contributed by atoms with Gasteiger partial charge in [0, 0.05) is 25.4 Å². The van der Waals surface area contributed by atoms with Gasteiger partial charge in [-0.05, 0) is 6.07 Å². The van der Waals surface area contributed by atoms with Gasteiger partial charge in [-0.2, -0.15) is 0 Å². The fourth-order valence-corrected chi connectivity index (χ4v) is 1.67. The fourth-order valence-electron chi connectivity index (χ4n) is 1.67. The molecule has 1 aliphatic heterocycles. The molecule has 0 radical (unpaired) electrons. The van der Waals surface area contributed by atoms with Crippen LogP contribution >= 0.6 is 0 Å². The minimum absolute atomic E-state index is 0.264. The third-order valence-electron chi connectivity index (χ3n) is 2.37. The number of ether oxygens (including phenoxy) is 1. The van der Waals surface area contributed by atoms with Gasteiger partial charge in [0.25, 0.3) is 0 Å². The lowest BCUT2D eigenvalue weighted by Crippen LogP contribution is -2.35. The van der Waals surface area contributed by atoms with E-state index in [1.807, 2.05) is 13.1 Å². The van der Waals surface area contributed by atoms with Crippen LogP contribution in [0.2, 0.25) is 0 Å². The lowest BCUT2D eigenvalue weighted by molar-refractivity contribution is 0.0770. The maximum Gasteiger partial charge on any atom is 0.130 e. The molecular weight excluding hydrogens is 178 g/mol. The van der Waals surface area contributed by atoms with Crippen LogP contribution in [0.5, 0.6) is 0 Å². The first kappa shape index (κ1) is 9.43. The van der Waals surface area contributed by atoms with E-state index in [0.717, 1.165) is 25.6 Å². The van der Waals surface area contributed by atoms with Crippen LogP contribution in [0.25, 0.3) is 0 Å². The van der Waals surface area contributed by atoms with Crippen molar-refractivity contribution < 1.29 is 4.74 Å². The summed E-state index contributed by atoms with van der Waals surface area (Å²) in [6.45, 7) is 2.43. The number of nitrogens with zero attached hydrogens (tertiary/aromatic N) is 1. The molecule has 2 N–H and O–H groups in total. The lowest BCUT2D eigenvalue weighted by Gasteiger charge is -2.25. The summed E-state index contributed by atoms with van der Waals surface area (Å²) in [4.78, 5) is 4.27. The highest BCUT2D eigenvalue weighted by atomic mass is 16.5. The SMILES string of the molecule is CNc1ncccc1C1COCCN1. The minimum atomic E-state index is 0.264. The molecule has 2 rings (SSSR count). The Kier molecular flexibility index (Phi) is 2.96. The Morgan fingerprint density at radius 3 is 3.29 bits per heavy atom. The van der Waals surface area contributed by atoms with E-state index >= 15 is 0 Å². The number of hydrogen-bond acceptors (Lipinski definition) is 4. The Hall–Kier alpha value is -1.13. The van der Waals surface area contributed by atoms with Crippen molar-refractivity contribution in [1.29, 1.82) is 0 Å². The molecule has 1 unspecified atom stereocenters. The quantitative estimate of drug-likeness (QED) is 0.728. The van der Waals surface area contributed by atoms with E-state index in [1.54, 1.807) is 6.20 Å². The molecule has 1 aromatic rings. The van der Waals surface area contributed by atoms with Gasteiger partial charge < -0.3 is 15.4 Å². The van der Waals surface area contributed by atoms with Crippen molar-refractivity contribution in [2.24, 2.45) is 0 Å². The summed E-state index contributed by atoms with van der Waals surface area (Å²) in [5.74, 6) is 0.926. The van der Waals surface area contributed by atoms with Crippen LogP contribution in [0.15, 0.2) is 18.3 Å². The molecule has 0 aromatic carbocycles. The second kappa shape index (κ2) is 4.39. The van der Waals surface area contributed by atoms with E-state index in [1.165, 1.54) is 5.56 Å². The van der Waals surface area contributed by atoms with Crippen molar-refractivity contribution in [3.8, 4) is 0 Å². The molecule has 0 aliphatic carbocycles. The van der Waals surface area contributed by atoms with Crippen LogP contribution in [0.1, 0.15) is 11.6 Å². The number of anilines is 1. The van der Waals surface area contributed by atoms with Crippen LogP contribution in [-0.4, -0.2) is 31.8 Å². The van der Waals surface area contributed by atoms with Gasteiger partial charge >= 0.3 is 0 Å². The van der Waals surface area contributed by atoms with Crippen LogP contribution < -0.4 is 10.6 Å². The highest BCUT2D eigenvalue weighted by Crippen LogP contribution is 2.21. The highest BCUT2D eigenvalue weighted by molar-refractivity contribution is 5.45. The Morgan fingerprint density at radius 1 is 1.64 bits per heavy atom. The summed E-state index contributed by atoms with van der Waals surface area (Å²) in [5.41, 5.74) is 1.18. The van der Waals surface area contributed by atoms with Crippen molar-refractivity contribution in [1.82, 2.24) is 10.3 Å². The molecular formula is C10H15N3O. The van der Waals surface area contributed by atoms with Crippen LogP contribution in [0.3, 0.4) is 0 Å². The van der Waals surface area contributed by atoms with Crippen molar-refractivity contribution in [2.75, 3.05) is 32.1 Å². The molecule has 0 saturated carbocycles.